The molecule has 1 aromatic heterocycles. The Morgan fingerprint density at radius 3 is 2.43 bits per heavy atom. The van der Waals surface area contributed by atoms with E-state index in [4.69, 9.17) is 16.3 Å². The minimum Gasteiger partial charge on any atom is -0.444 e. The minimum absolute atomic E-state index is 0.491. The largest absolute Gasteiger partial charge is 0.444 e. The highest BCUT2D eigenvalue weighted by Crippen LogP contribution is 2.27. The number of nitrogens with zero attached hydrogens (tertiary/aromatic N) is 1. The van der Waals surface area contributed by atoms with Crippen molar-refractivity contribution in [2.75, 3.05) is 16.0 Å². The molecule has 8 heteroatoms. The van der Waals surface area contributed by atoms with Gasteiger partial charge < -0.3 is 15.4 Å². The molecular weight excluding hydrogens is 378 g/mol. The topological polar surface area (TPSA) is 91.1 Å². The van der Waals surface area contributed by atoms with Crippen LogP contribution in [0.25, 0.3) is 0 Å². The summed E-state index contributed by atoms with van der Waals surface area (Å²) < 4.78 is 5.24. The molecule has 2 aromatic carbocycles. The molecule has 0 aliphatic rings. The van der Waals surface area contributed by atoms with Gasteiger partial charge >= 0.3 is 6.09 Å². The Morgan fingerprint density at radius 1 is 1.04 bits per heavy atom. The first-order valence-corrected chi connectivity index (χ1v) is 9.09. The smallest absolute Gasteiger partial charge is 0.412 e. The number of aromatic nitrogens is 2. The molecule has 0 bridgehead atoms. The number of aromatic amines is 1. The van der Waals surface area contributed by atoms with E-state index in [2.05, 4.69) is 26.1 Å². The van der Waals surface area contributed by atoms with Crippen LogP contribution >= 0.6 is 11.6 Å². The number of benzene rings is 2. The summed E-state index contributed by atoms with van der Waals surface area (Å²) in [6.07, 6.45) is 1.19. The summed E-state index contributed by atoms with van der Waals surface area (Å²) in [6.45, 7) is 5.46. The van der Waals surface area contributed by atoms with E-state index in [1.165, 1.54) is 0 Å². The predicted molar refractivity (Wildman–Crippen MR) is 113 cm³/mol. The van der Waals surface area contributed by atoms with Gasteiger partial charge in [0.25, 0.3) is 0 Å². The van der Waals surface area contributed by atoms with Gasteiger partial charge in [-0.25, -0.2) is 4.79 Å². The fourth-order valence-electron chi connectivity index (χ4n) is 2.40. The molecule has 28 heavy (non-hydrogen) atoms. The van der Waals surface area contributed by atoms with Crippen LogP contribution in [-0.2, 0) is 4.74 Å². The predicted octanol–water partition coefficient (Wildman–Crippen LogP) is 5.90. The number of carbonyl (C=O) groups excluding carboxylic acids is 1. The maximum absolute atomic E-state index is 11.8. The normalized spacial score (nSPS) is 11.0. The Kier molecular flexibility index (Phi) is 5.75. The number of hydrogen-bond donors (Lipinski definition) is 4. The Bertz CT molecular complexity index is 948. The SMILES string of the molecule is CC(C)(C)OC(=O)Nc1ccc(Nc2[nH]ncc2Nc2cccc(Cl)c2)cc1. The van der Waals surface area contributed by atoms with Crippen LogP contribution in [0.3, 0.4) is 0 Å². The molecule has 0 aliphatic carbocycles. The van der Waals surface area contributed by atoms with Gasteiger partial charge in [0.15, 0.2) is 0 Å². The third-order valence-corrected chi connectivity index (χ3v) is 3.78. The lowest BCUT2D eigenvalue weighted by Crippen LogP contribution is -2.27. The summed E-state index contributed by atoms with van der Waals surface area (Å²) >= 11 is 6.02. The highest BCUT2D eigenvalue weighted by molar-refractivity contribution is 6.30. The Morgan fingerprint density at radius 2 is 1.75 bits per heavy atom. The summed E-state index contributed by atoms with van der Waals surface area (Å²) in [4.78, 5) is 11.8. The van der Waals surface area contributed by atoms with Gasteiger partial charge in [-0.1, -0.05) is 17.7 Å². The number of nitrogens with one attached hydrogen (secondary N) is 4. The van der Waals surface area contributed by atoms with Crippen molar-refractivity contribution in [2.24, 2.45) is 0 Å². The van der Waals surface area contributed by atoms with E-state index >= 15 is 0 Å². The van der Waals surface area contributed by atoms with Crippen molar-refractivity contribution in [1.29, 1.82) is 0 Å². The Labute approximate surface area is 168 Å². The second-order valence-corrected chi connectivity index (χ2v) is 7.56. The van der Waals surface area contributed by atoms with E-state index in [9.17, 15) is 4.79 Å². The highest BCUT2D eigenvalue weighted by atomic mass is 35.5. The third kappa shape index (κ3) is 5.65. The first kappa shape index (κ1) is 19.6. The third-order valence-electron chi connectivity index (χ3n) is 3.54. The molecule has 7 nitrogen and oxygen atoms in total. The first-order valence-electron chi connectivity index (χ1n) is 8.71. The summed E-state index contributed by atoms with van der Waals surface area (Å²) in [5.74, 6) is 0.702. The minimum atomic E-state index is -0.543. The number of anilines is 5. The molecule has 3 aromatic rings. The molecule has 0 aliphatic heterocycles. The van der Waals surface area contributed by atoms with E-state index in [-0.39, 0.29) is 0 Å². The molecule has 3 rings (SSSR count). The van der Waals surface area contributed by atoms with Crippen molar-refractivity contribution < 1.29 is 9.53 Å². The van der Waals surface area contributed by atoms with Crippen LogP contribution in [-0.4, -0.2) is 21.9 Å². The number of ether oxygens (including phenoxy) is 1. The zero-order valence-corrected chi connectivity index (χ0v) is 16.6. The molecule has 146 valence electrons. The van der Waals surface area contributed by atoms with Crippen LogP contribution < -0.4 is 16.0 Å². The van der Waals surface area contributed by atoms with E-state index in [0.717, 1.165) is 17.1 Å². The molecule has 4 N–H and O–H groups in total. The number of carbonyl (C=O) groups is 1. The zero-order valence-electron chi connectivity index (χ0n) is 15.8. The number of amides is 1. The Hall–Kier alpha value is -3.19. The van der Waals surface area contributed by atoms with Crippen molar-refractivity contribution in [2.45, 2.75) is 26.4 Å². The molecular formula is C20H22ClN5O2. The van der Waals surface area contributed by atoms with Crippen molar-refractivity contribution in [3.63, 3.8) is 0 Å². The standard InChI is InChI=1S/C20H22ClN5O2/c1-20(2,3)28-19(27)25-15-9-7-14(8-10-15)24-18-17(12-22-26-18)23-16-6-4-5-13(21)11-16/h4-12,23H,1-3H3,(H,25,27)(H2,22,24,26). The van der Waals surface area contributed by atoms with Gasteiger partial charge in [0.2, 0.25) is 0 Å². The van der Waals surface area contributed by atoms with Gasteiger partial charge in [-0.05, 0) is 63.2 Å². The second-order valence-electron chi connectivity index (χ2n) is 7.12. The van der Waals surface area contributed by atoms with E-state index in [0.29, 0.717) is 16.5 Å². The van der Waals surface area contributed by atoms with Crippen LogP contribution in [0, 0.1) is 0 Å². The van der Waals surface area contributed by atoms with Crippen LogP contribution in [0.5, 0.6) is 0 Å². The molecule has 0 spiro atoms. The lowest BCUT2D eigenvalue weighted by Gasteiger charge is -2.19. The molecule has 0 saturated carbocycles. The molecule has 1 amide bonds. The lowest BCUT2D eigenvalue weighted by molar-refractivity contribution is 0.0636. The average molecular weight is 400 g/mol. The van der Waals surface area contributed by atoms with Crippen molar-refractivity contribution >= 4 is 46.3 Å². The van der Waals surface area contributed by atoms with Crippen LogP contribution in [0.1, 0.15) is 20.8 Å². The monoisotopic (exact) mass is 399 g/mol. The summed E-state index contributed by atoms with van der Waals surface area (Å²) in [5.41, 5.74) is 2.56. The molecule has 0 unspecified atom stereocenters. The quantitative estimate of drug-likeness (QED) is 0.429. The Balaban J connectivity index is 1.63. The molecule has 1 heterocycles. The van der Waals surface area contributed by atoms with Crippen molar-refractivity contribution in [3.8, 4) is 0 Å². The number of hydrogen-bond acceptors (Lipinski definition) is 5. The lowest BCUT2D eigenvalue weighted by atomic mass is 10.2. The van der Waals surface area contributed by atoms with Crippen LogP contribution in [0.15, 0.2) is 54.7 Å². The van der Waals surface area contributed by atoms with Gasteiger partial charge in [0.1, 0.15) is 17.1 Å². The first-order chi connectivity index (χ1) is 13.3. The maximum Gasteiger partial charge on any atom is 0.412 e. The van der Waals surface area contributed by atoms with Crippen molar-refractivity contribution in [3.05, 3.63) is 59.8 Å². The number of rotatable bonds is 5. The highest BCUT2D eigenvalue weighted by Gasteiger charge is 2.16. The second kappa shape index (κ2) is 8.22. The van der Waals surface area contributed by atoms with Gasteiger partial charge in [-0.15, -0.1) is 0 Å². The van der Waals surface area contributed by atoms with Crippen molar-refractivity contribution in [1.82, 2.24) is 10.2 Å². The summed E-state index contributed by atoms with van der Waals surface area (Å²) in [7, 11) is 0. The maximum atomic E-state index is 11.8. The molecule has 0 saturated heterocycles. The number of halogens is 1. The van der Waals surface area contributed by atoms with E-state index in [1.54, 1.807) is 18.3 Å². The average Bonchev–Trinajstić information content (AvgIpc) is 3.02. The van der Waals surface area contributed by atoms with E-state index < -0.39 is 11.7 Å². The van der Waals surface area contributed by atoms with Gasteiger partial charge in [0, 0.05) is 22.1 Å². The fraction of sp³-hybridized carbons (Fsp3) is 0.200. The van der Waals surface area contributed by atoms with E-state index in [1.807, 2.05) is 57.2 Å². The van der Waals surface area contributed by atoms with Gasteiger partial charge in [-0.3, -0.25) is 10.4 Å². The van der Waals surface area contributed by atoms with Crippen LogP contribution in [0.2, 0.25) is 5.02 Å². The fourth-order valence-corrected chi connectivity index (χ4v) is 2.59. The summed E-state index contributed by atoms with van der Waals surface area (Å²) in [6, 6.07) is 14.7. The summed E-state index contributed by atoms with van der Waals surface area (Å²) in [5, 5.41) is 16.8. The van der Waals surface area contributed by atoms with Crippen LogP contribution in [0.4, 0.5) is 33.4 Å². The molecule has 0 fully saturated rings. The molecule has 0 radical (unpaired) electrons. The number of H-pyrrole nitrogens is 1. The van der Waals surface area contributed by atoms with Gasteiger partial charge in [-0.2, -0.15) is 5.10 Å². The molecule has 0 atom stereocenters. The van der Waals surface area contributed by atoms with Gasteiger partial charge in [0.05, 0.1) is 6.20 Å². The zero-order chi connectivity index (χ0) is 20.1.